The Balaban J connectivity index is 1.14. The highest BCUT2D eigenvalue weighted by atomic mass is 19.4. The van der Waals surface area contributed by atoms with Gasteiger partial charge in [0.2, 0.25) is 5.95 Å². The molecule has 10 nitrogen and oxygen atoms in total. The molecule has 2 N–H and O–H groups in total. The number of carbonyl (C=O) groups excluding carboxylic acids is 2. The van der Waals surface area contributed by atoms with Gasteiger partial charge < -0.3 is 19.9 Å². The van der Waals surface area contributed by atoms with E-state index in [1.165, 1.54) is 4.57 Å². The van der Waals surface area contributed by atoms with Crippen molar-refractivity contribution in [2.75, 3.05) is 23.3 Å². The van der Waals surface area contributed by atoms with Crippen LogP contribution in [-0.2, 0) is 40.1 Å². The number of aryl methyl sites for hydroxylation is 2. The number of ether oxygens (including phenoxy) is 1. The lowest BCUT2D eigenvalue weighted by Crippen LogP contribution is -2.42. The molecular weight excluding hydrogens is 685 g/mol. The average Bonchev–Trinajstić information content (AvgIpc) is 3.57. The molecule has 6 aromatic rings. The third-order valence-corrected chi connectivity index (χ3v) is 9.57. The molecule has 4 aromatic carbocycles. The fraction of sp³-hybridized carbons (Fsp3) is 0.275. The van der Waals surface area contributed by atoms with Crippen molar-refractivity contribution in [3.63, 3.8) is 0 Å². The molecule has 272 valence electrons. The van der Waals surface area contributed by atoms with Gasteiger partial charge in [-0.2, -0.15) is 18.2 Å². The van der Waals surface area contributed by atoms with E-state index in [0.29, 0.717) is 43.3 Å². The summed E-state index contributed by atoms with van der Waals surface area (Å²) < 4.78 is 45.0. The van der Waals surface area contributed by atoms with Crippen molar-refractivity contribution in [1.29, 1.82) is 0 Å². The fourth-order valence-corrected chi connectivity index (χ4v) is 6.83. The molecule has 1 aliphatic rings. The molecule has 1 fully saturated rings. The van der Waals surface area contributed by atoms with Crippen LogP contribution in [0.4, 0.5) is 24.9 Å². The summed E-state index contributed by atoms with van der Waals surface area (Å²) >= 11 is 0. The van der Waals surface area contributed by atoms with Crippen LogP contribution in [0.25, 0.3) is 21.8 Å². The van der Waals surface area contributed by atoms with Crippen molar-refractivity contribution in [1.82, 2.24) is 19.5 Å². The first-order valence-corrected chi connectivity index (χ1v) is 17.5. The lowest BCUT2D eigenvalue weighted by molar-refractivity contribution is -0.203. The van der Waals surface area contributed by atoms with Gasteiger partial charge in [-0.05, 0) is 66.1 Å². The van der Waals surface area contributed by atoms with Gasteiger partial charge in [0.25, 0.3) is 0 Å². The molecule has 0 bridgehead atoms. The third kappa shape index (κ3) is 8.57. The molecule has 1 saturated heterocycles. The third-order valence-electron chi connectivity index (χ3n) is 9.57. The van der Waals surface area contributed by atoms with Crippen LogP contribution < -0.4 is 15.9 Å². The molecule has 13 heteroatoms. The zero-order chi connectivity index (χ0) is 37.0. The van der Waals surface area contributed by atoms with E-state index in [1.54, 1.807) is 12.3 Å². The molecule has 0 radical (unpaired) electrons. The lowest BCUT2D eigenvalue weighted by Gasteiger charge is -2.34. The summed E-state index contributed by atoms with van der Waals surface area (Å²) in [5, 5.41) is 5.30. The van der Waals surface area contributed by atoms with Crippen molar-refractivity contribution < 1.29 is 27.5 Å². The Kier molecular flexibility index (Phi) is 10.2. The number of fused-ring (bicyclic) bond motifs is 2. The van der Waals surface area contributed by atoms with E-state index in [4.69, 9.17) is 0 Å². The molecule has 3 heterocycles. The molecule has 1 atom stereocenters. The zero-order valence-corrected chi connectivity index (χ0v) is 28.7. The second-order valence-electron chi connectivity index (χ2n) is 13.3. The van der Waals surface area contributed by atoms with Gasteiger partial charge >= 0.3 is 23.8 Å². The molecular formula is C40H37F3N6O4. The average molecular weight is 723 g/mol. The molecule has 0 spiro atoms. The number of carbonyl (C=O) groups is 2. The largest absolute Gasteiger partial charge is 0.491 e. The normalized spacial score (nSPS) is 14.4. The number of benzene rings is 4. The van der Waals surface area contributed by atoms with E-state index in [-0.39, 0.29) is 19.0 Å². The molecule has 7 rings (SSSR count). The number of aromatic nitrogens is 4. The van der Waals surface area contributed by atoms with Crippen molar-refractivity contribution in [2.45, 2.75) is 50.9 Å². The Morgan fingerprint density at radius 3 is 2.34 bits per heavy atom. The van der Waals surface area contributed by atoms with E-state index in [0.717, 1.165) is 45.8 Å². The standard InChI is InChI=1S/C40H37F3N6O4/c41-40(42,43)37(51)53-36(50)31(23-27-15-16-28-10-4-5-11-29(28)22-27)25-49-24-30(17-14-26-8-2-1-3-9-26)35(47-39(49)52)48-20-18-32(19-21-48)44-38-45-33-12-6-7-13-34(33)46-38/h1-13,15-16,22,24,31-32H,14,17-21,23,25H2,(H2,44,45,46). The van der Waals surface area contributed by atoms with Gasteiger partial charge in [-0.3, -0.25) is 9.36 Å². The summed E-state index contributed by atoms with van der Waals surface area (Å²) in [6.07, 6.45) is -1.13. The summed E-state index contributed by atoms with van der Waals surface area (Å²) in [5.74, 6) is -4.04. The van der Waals surface area contributed by atoms with E-state index in [2.05, 4.69) is 29.9 Å². The number of piperidine rings is 1. The second kappa shape index (κ2) is 15.3. The van der Waals surface area contributed by atoms with Gasteiger partial charge in [0.1, 0.15) is 5.82 Å². The second-order valence-corrected chi connectivity index (χ2v) is 13.3. The van der Waals surface area contributed by atoms with Crippen LogP contribution in [0, 0.1) is 5.92 Å². The smallest absolute Gasteiger partial charge is 0.386 e. The van der Waals surface area contributed by atoms with Gasteiger partial charge in [-0.15, -0.1) is 0 Å². The van der Waals surface area contributed by atoms with E-state index >= 15 is 0 Å². The van der Waals surface area contributed by atoms with Gasteiger partial charge in [0.15, 0.2) is 0 Å². The van der Waals surface area contributed by atoms with Gasteiger partial charge in [-0.25, -0.2) is 14.6 Å². The van der Waals surface area contributed by atoms with Crippen molar-refractivity contribution in [2.24, 2.45) is 5.92 Å². The Hall–Kier alpha value is -5.98. The fourth-order valence-electron chi connectivity index (χ4n) is 6.83. The van der Waals surface area contributed by atoms with Gasteiger partial charge in [0.05, 0.1) is 17.0 Å². The van der Waals surface area contributed by atoms with E-state index < -0.39 is 29.7 Å². The predicted octanol–water partition coefficient (Wildman–Crippen LogP) is 6.63. The summed E-state index contributed by atoms with van der Waals surface area (Å²) in [6.45, 7) is 0.886. The van der Waals surface area contributed by atoms with Crippen LogP contribution in [0.1, 0.15) is 29.5 Å². The predicted molar refractivity (Wildman–Crippen MR) is 196 cm³/mol. The minimum atomic E-state index is -5.36. The minimum absolute atomic E-state index is 0.0753. The van der Waals surface area contributed by atoms with Crippen LogP contribution in [0.5, 0.6) is 0 Å². The van der Waals surface area contributed by atoms with Crippen LogP contribution in [0.2, 0.25) is 0 Å². The van der Waals surface area contributed by atoms with Crippen molar-refractivity contribution in [3.8, 4) is 0 Å². The molecule has 0 saturated carbocycles. The van der Waals surface area contributed by atoms with Crippen LogP contribution in [0.15, 0.2) is 108 Å². The molecule has 0 aliphatic carbocycles. The maximum Gasteiger partial charge on any atom is 0.491 e. The zero-order valence-electron chi connectivity index (χ0n) is 28.7. The number of aromatic amines is 1. The number of imidazole rings is 1. The number of halogens is 3. The number of alkyl halides is 3. The molecule has 1 aliphatic heterocycles. The topological polar surface area (TPSA) is 122 Å². The van der Waals surface area contributed by atoms with Crippen LogP contribution in [0.3, 0.4) is 0 Å². The molecule has 2 aromatic heterocycles. The maximum absolute atomic E-state index is 13.7. The van der Waals surface area contributed by atoms with Gasteiger partial charge in [-0.1, -0.05) is 84.9 Å². The highest BCUT2D eigenvalue weighted by molar-refractivity contribution is 5.90. The highest BCUT2D eigenvalue weighted by Crippen LogP contribution is 2.26. The van der Waals surface area contributed by atoms with Crippen molar-refractivity contribution in [3.05, 3.63) is 130 Å². The molecule has 53 heavy (non-hydrogen) atoms. The number of H-pyrrole nitrogens is 1. The van der Waals surface area contributed by atoms with E-state index in [1.807, 2.05) is 91.0 Å². The Morgan fingerprint density at radius 1 is 0.868 bits per heavy atom. The Labute approximate surface area is 302 Å². The quantitative estimate of drug-likeness (QED) is 0.113. The first kappa shape index (κ1) is 35.4. The van der Waals surface area contributed by atoms with E-state index in [9.17, 15) is 27.6 Å². The molecule has 1 unspecified atom stereocenters. The first-order chi connectivity index (χ1) is 25.6. The monoisotopic (exact) mass is 722 g/mol. The summed E-state index contributed by atoms with van der Waals surface area (Å²) in [6, 6.07) is 30.7. The Morgan fingerprint density at radius 2 is 1.58 bits per heavy atom. The summed E-state index contributed by atoms with van der Waals surface area (Å²) in [5.41, 5.74) is 3.62. The number of esters is 2. The lowest BCUT2D eigenvalue weighted by atomic mass is 9.96. The number of rotatable bonds is 11. The van der Waals surface area contributed by atoms with Crippen LogP contribution in [-0.4, -0.2) is 56.8 Å². The van der Waals surface area contributed by atoms with Gasteiger partial charge in [0, 0.05) is 37.4 Å². The maximum atomic E-state index is 13.7. The minimum Gasteiger partial charge on any atom is -0.386 e. The summed E-state index contributed by atoms with van der Waals surface area (Å²) in [7, 11) is 0. The number of nitrogens with one attached hydrogen (secondary N) is 2. The Bertz CT molecular complexity index is 2260. The number of hydrogen-bond donors (Lipinski definition) is 2. The summed E-state index contributed by atoms with van der Waals surface area (Å²) in [4.78, 5) is 53.1. The van der Waals surface area contributed by atoms with Crippen molar-refractivity contribution >= 4 is 45.5 Å². The number of hydrogen-bond acceptors (Lipinski definition) is 8. The SMILES string of the molecule is O=C(OC(=O)C(F)(F)F)C(Cc1ccc2ccccc2c1)Cn1cc(CCc2ccccc2)c(N2CCC(Nc3nc4ccccc4[nH]3)CC2)nc1=O. The number of anilines is 2. The highest BCUT2D eigenvalue weighted by Gasteiger charge is 2.43. The number of nitrogens with zero attached hydrogens (tertiary/aromatic N) is 4. The molecule has 0 amide bonds. The van der Waals surface area contributed by atoms with Crippen LogP contribution >= 0.6 is 0 Å². The number of para-hydroxylation sites is 2. The first-order valence-electron chi connectivity index (χ1n) is 17.5.